The molecule has 0 radical (unpaired) electrons. The van der Waals surface area contributed by atoms with E-state index in [0.717, 1.165) is 16.7 Å². The van der Waals surface area contributed by atoms with E-state index in [9.17, 15) is 4.79 Å². The third kappa shape index (κ3) is 3.41. The Morgan fingerprint density at radius 3 is 2.22 bits per heavy atom. The zero-order chi connectivity index (χ0) is 19.0. The van der Waals surface area contributed by atoms with Crippen LogP contribution in [0.25, 0.3) is 33.4 Å². The molecule has 0 saturated carbocycles. The number of hydrogen-bond donors (Lipinski definition) is 1. The van der Waals surface area contributed by atoms with Crippen LogP contribution in [0.2, 0.25) is 0 Å². The molecule has 1 aromatic heterocycles. The molecule has 0 unspecified atom stereocenters. The molecule has 0 aliphatic carbocycles. The van der Waals surface area contributed by atoms with Crippen molar-refractivity contribution in [2.45, 2.75) is 26.2 Å². The second-order valence-corrected chi connectivity index (χ2v) is 7.84. The van der Waals surface area contributed by atoms with Gasteiger partial charge in [0, 0.05) is 5.56 Å². The fraction of sp³-hybridized carbons (Fsp3) is 0.167. The minimum Gasteiger partial charge on any atom is -0.306 e. The molecule has 134 valence electrons. The molecule has 0 amide bonds. The Morgan fingerprint density at radius 1 is 0.778 bits per heavy atom. The van der Waals surface area contributed by atoms with E-state index in [1.807, 2.05) is 30.3 Å². The predicted molar refractivity (Wildman–Crippen MR) is 112 cm³/mol. The van der Waals surface area contributed by atoms with Crippen molar-refractivity contribution >= 4 is 10.9 Å². The van der Waals surface area contributed by atoms with Crippen LogP contribution >= 0.6 is 0 Å². The highest BCUT2D eigenvalue weighted by Crippen LogP contribution is 2.28. The maximum absolute atomic E-state index is 12.4. The number of rotatable bonds is 2. The Bertz CT molecular complexity index is 1170. The molecule has 3 nitrogen and oxygen atoms in total. The van der Waals surface area contributed by atoms with E-state index in [1.165, 1.54) is 5.56 Å². The van der Waals surface area contributed by atoms with Crippen LogP contribution in [0, 0.1) is 0 Å². The molecule has 0 atom stereocenters. The van der Waals surface area contributed by atoms with Crippen molar-refractivity contribution in [3.8, 4) is 22.5 Å². The second-order valence-electron chi connectivity index (χ2n) is 7.84. The van der Waals surface area contributed by atoms with Gasteiger partial charge >= 0.3 is 0 Å². The summed E-state index contributed by atoms with van der Waals surface area (Å²) in [6, 6.07) is 24.2. The van der Waals surface area contributed by atoms with Gasteiger partial charge in [0.2, 0.25) is 0 Å². The normalized spacial score (nSPS) is 11.7. The molecule has 0 bridgehead atoms. The first-order valence-corrected chi connectivity index (χ1v) is 9.12. The number of aromatic nitrogens is 2. The lowest BCUT2D eigenvalue weighted by molar-refractivity contribution is 0.590. The van der Waals surface area contributed by atoms with E-state index < -0.39 is 0 Å². The summed E-state index contributed by atoms with van der Waals surface area (Å²) >= 11 is 0. The van der Waals surface area contributed by atoms with Crippen LogP contribution in [-0.2, 0) is 5.41 Å². The molecule has 1 heterocycles. The maximum Gasteiger partial charge on any atom is 0.259 e. The van der Waals surface area contributed by atoms with Gasteiger partial charge < -0.3 is 4.98 Å². The van der Waals surface area contributed by atoms with Crippen LogP contribution < -0.4 is 5.56 Å². The SMILES string of the molecule is CC(C)(C)c1ccc(-c2cccc(-c3nc4ccccc4c(=O)[nH]3)c2)cc1. The van der Waals surface area contributed by atoms with Crippen molar-refractivity contribution in [2.75, 3.05) is 0 Å². The van der Waals surface area contributed by atoms with Crippen molar-refractivity contribution in [3.05, 3.63) is 88.7 Å². The van der Waals surface area contributed by atoms with Gasteiger partial charge in [0.15, 0.2) is 0 Å². The molecule has 0 saturated heterocycles. The molecule has 1 N–H and O–H groups in total. The van der Waals surface area contributed by atoms with Crippen LogP contribution in [0.4, 0.5) is 0 Å². The van der Waals surface area contributed by atoms with Crippen molar-refractivity contribution in [1.82, 2.24) is 9.97 Å². The summed E-state index contributed by atoms with van der Waals surface area (Å²) in [6.07, 6.45) is 0. The van der Waals surface area contributed by atoms with Gasteiger partial charge in [0.1, 0.15) is 5.82 Å². The summed E-state index contributed by atoms with van der Waals surface area (Å²) < 4.78 is 0. The average molecular weight is 354 g/mol. The third-order valence-corrected chi connectivity index (χ3v) is 4.83. The minimum absolute atomic E-state index is 0.115. The Balaban J connectivity index is 1.76. The fourth-order valence-corrected chi connectivity index (χ4v) is 3.23. The Labute approximate surface area is 158 Å². The summed E-state index contributed by atoms with van der Waals surface area (Å²) in [5.74, 6) is 0.590. The van der Waals surface area contributed by atoms with Gasteiger partial charge in [0.25, 0.3) is 5.56 Å². The van der Waals surface area contributed by atoms with Crippen molar-refractivity contribution in [1.29, 1.82) is 0 Å². The molecule has 3 heteroatoms. The summed E-state index contributed by atoms with van der Waals surface area (Å²) in [5, 5.41) is 0.607. The monoisotopic (exact) mass is 354 g/mol. The number of aromatic amines is 1. The van der Waals surface area contributed by atoms with Crippen molar-refractivity contribution in [2.24, 2.45) is 0 Å². The summed E-state index contributed by atoms with van der Waals surface area (Å²) in [6.45, 7) is 6.64. The molecule has 0 fully saturated rings. The number of hydrogen-bond acceptors (Lipinski definition) is 2. The minimum atomic E-state index is -0.115. The number of nitrogens with one attached hydrogen (secondary N) is 1. The van der Waals surface area contributed by atoms with Gasteiger partial charge in [0.05, 0.1) is 10.9 Å². The van der Waals surface area contributed by atoms with Crippen LogP contribution in [0.3, 0.4) is 0 Å². The van der Waals surface area contributed by atoms with E-state index in [0.29, 0.717) is 16.7 Å². The second kappa shape index (κ2) is 6.51. The van der Waals surface area contributed by atoms with Gasteiger partial charge in [-0.25, -0.2) is 4.98 Å². The molecular formula is C24H22N2O. The fourth-order valence-electron chi connectivity index (χ4n) is 3.23. The van der Waals surface area contributed by atoms with Gasteiger partial charge in [-0.2, -0.15) is 0 Å². The first kappa shape index (κ1) is 17.2. The maximum atomic E-state index is 12.4. The van der Waals surface area contributed by atoms with Crippen LogP contribution in [0.1, 0.15) is 26.3 Å². The van der Waals surface area contributed by atoms with Gasteiger partial charge in [-0.1, -0.05) is 75.4 Å². The smallest absolute Gasteiger partial charge is 0.259 e. The number of H-pyrrole nitrogens is 1. The summed E-state index contributed by atoms with van der Waals surface area (Å²) in [5.41, 5.74) is 5.18. The number of fused-ring (bicyclic) bond motifs is 1. The Morgan fingerprint density at radius 2 is 1.48 bits per heavy atom. The zero-order valence-electron chi connectivity index (χ0n) is 15.8. The van der Waals surface area contributed by atoms with Crippen LogP contribution in [0.15, 0.2) is 77.6 Å². The zero-order valence-corrected chi connectivity index (χ0v) is 15.8. The lowest BCUT2D eigenvalue weighted by Gasteiger charge is -2.19. The lowest BCUT2D eigenvalue weighted by Crippen LogP contribution is -2.10. The summed E-state index contributed by atoms with van der Waals surface area (Å²) in [7, 11) is 0. The standard InChI is InChI=1S/C24H22N2O/c1-24(2,3)19-13-11-16(12-14-19)17-7-6-8-18(15-17)22-25-21-10-5-4-9-20(21)23(27)26-22/h4-15H,1-3H3,(H,25,26,27). The van der Waals surface area contributed by atoms with E-state index in [2.05, 4.69) is 67.1 Å². The first-order valence-electron chi connectivity index (χ1n) is 9.12. The third-order valence-electron chi connectivity index (χ3n) is 4.83. The lowest BCUT2D eigenvalue weighted by atomic mass is 9.86. The molecule has 0 aliphatic heterocycles. The van der Waals surface area contributed by atoms with Gasteiger partial charge in [-0.05, 0) is 40.3 Å². The topological polar surface area (TPSA) is 45.8 Å². The molecule has 4 rings (SSSR count). The van der Waals surface area contributed by atoms with Gasteiger partial charge in [-0.3, -0.25) is 4.79 Å². The Hall–Kier alpha value is -3.20. The van der Waals surface area contributed by atoms with Crippen molar-refractivity contribution in [3.63, 3.8) is 0 Å². The summed E-state index contributed by atoms with van der Waals surface area (Å²) in [4.78, 5) is 19.9. The molecule has 27 heavy (non-hydrogen) atoms. The average Bonchev–Trinajstić information content (AvgIpc) is 2.67. The molecule has 0 spiro atoms. The molecule has 3 aromatic carbocycles. The largest absolute Gasteiger partial charge is 0.306 e. The molecular weight excluding hydrogens is 332 g/mol. The van der Waals surface area contributed by atoms with E-state index in [-0.39, 0.29) is 11.0 Å². The van der Waals surface area contributed by atoms with Crippen LogP contribution in [0.5, 0.6) is 0 Å². The Kier molecular flexibility index (Phi) is 4.15. The highest BCUT2D eigenvalue weighted by Gasteiger charge is 2.13. The molecule has 4 aromatic rings. The number of benzene rings is 3. The highest BCUT2D eigenvalue weighted by atomic mass is 16.1. The predicted octanol–water partition coefficient (Wildman–Crippen LogP) is 5.55. The highest BCUT2D eigenvalue weighted by molar-refractivity contribution is 5.80. The van der Waals surface area contributed by atoms with E-state index in [1.54, 1.807) is 6.07 Å². The van der Waals surface area contributed by atoms with E-state index in [4.69, 9.17) is 0 Å². The van der Waals surface area contributed by atoms with Gasteiger partial charge in [-0.15, -0.1) is 0 Å². The number of para-hydroxylation sites is 1. The van der Waals surface area contributed by atoms with Crippen LogP contribution in [-0.4, -0.2) is 9.97 Å². The van der Waals surface area contributed by atoms with E-state index >= 15 is 0 Å². The molecule has 0 aliphatic rings. The number of nitrogens with zero attached hydrogens (tertiary/aromatic N) is 1. The quantitative estimate of drug-likeness (QED) is 0.512. The first-order chi connectivity index (χ1) is 12.9. The van der Waals surface area contributed by atoms with Crippen molar-refractivity contribution < 1.29 is 0 Å².